The molecule has 1 heterocycles. The maximum Gasteiger partial charge on any atom is 0.340 e. The Kier molecular flexibility index (Phi) is 22.1. The minimum absolute atomic E-state index is 0. The number of aromatic nitrogens is 2. The van der Waals surface area contributed by atoms with Crippen LogP contribution in [0.4, 0.5) is 56.5 Å². The summed E-state index contributed by atoms with van der Waals surface area (Å²) in [4.78, 5) is 62.4. The van der Waals surface area contributed by atoms with Crippen molar-refractivity contribution in [1.82, 2.24) is 9.55 Å². The summed E-state index contributed by atoms with van der Waals surface area (Å²) in [5, 5.41) is 39.2. The Morgan fingerprint density at radius 1 is 0.640 bits per heavy atom. The fourth-order valence-corrected chi connectivity index (χ4v) is 5.67. The summed E-state index contributed by atoms with van der Waals surface area (Å²) in [6.07, 6.45) is -2.12. The number of amides is 2. The number of anilines is 3. The van der Waals surface area contributed by atoms with Crippen LogP contribution in [0, 0.1) is 54.4 Å². The molecule has 5 aromatic carbocycles. The zero-order chi connectivity index (χ0) is 56.6. The van der Waals surface area contributed by atoms with Gasteiger partial charge in [-0.15, -0.1) is 0 Å². The molecule has 2 radical (unpaired) electrons. The minimum atomic E-state index is -1.26. The molecular formula is C50H52BF4N8O11U-3. The van der Waals surface area contributed by atoms with E-state index in [2.05, 4.69) is 43.7 Å². The number of esters is 1. The number of urea groups is 1. The third-order valence-corrected chi connectivity index (χ3v) is 8.62. The average Bonchev–Trinajstić information content (AvgIpc) is 3.29. The molecule has 0 fully saturated rings. The quantitative estimate of drug-likeness (QED) is 0.0335. The summed E-state index contributed by atoms with van der Waals surface area (Å²) in [7, 11) is 4.82. The van der Waals surface area contributed by atoms with Crippen molar-refractivity contribution in [3.8, 4) is 5.69 Å². The molecule has 19 nitrogen and oxygen atoms in total. The van der Waals surface area contributed by atoms with Crippen LogP contribution in [0.5, 0.6) is 0 Å². The topological polar surface area (TPSA) is 282 Å². The van der Waals surface area contributed by atoms with Crippen LogP contribution in [-0.4, -0.2) is 73.4 Å². The van der Waals surface area contributed by atoms with Gasteiger partial charge >= 0.3 is 17.7 Å². The van der Waals surface area contributed by atoms with E-state index < -0.39 is 81.6 Å². The summed E-state index contributed by atoms with van der Waals surface area (Å²) in [5.74, 6) is -5.82. The maximum atomic E-state index is 13.5. The van der Waals surface area contributed by atoms with Crippen LogP contribution in [0.25, 0.3) is 16.6 Å². The molecule has 2 amide bonds. The average molecular weight is 1270 g/mol. The minimum Gasteiger partial charge on any atom is -0.594 e. The van der Waals surface area contributed by atoms with Crippen molar-refractivity contribution >= 4 is 83.7 Å². The van der Waals surface area contributed by atoms with Crippen LogP contribution in [-0.2, 0) is 18.9 Å². The standard InChI is InChI=1S/C20H21F2N3O5.C19H17F2N3O4.C11H16N2O2.BH.U/c1-20(2,3)30-19(28)24-12-7-5-11(6-8-12)23-18(27)25-16-10-15(22)14(21)9-13(16)17(26)29-4;1-19(2,3)28-18(27)22-10-4-6-11(7-5-10)24-16(25)12-8-13(20)14(21)9-15(12)23-17(24)26;1-11(2,3)15-10(14)13-9-6-4-8(12)5-7-9;;/h5-10H,1-4H3,(H,24,28)(H2,23,25,27);4-9H,1-3H3,(H,22,27)(H,23,26);4-7H,12H2,1-3H3,(H,13,14);1H;/p-3/i;;;1D;. The molecule has 75 heavy (non-hydrogen) atoms. The van der Waals surface area contributed by atoms with Gasteiger partial charge in [0.2, 0.25) is 0 Å². The van der Waals surface area contributed by atoms with Crippen molar-refractivity contribution < 1.29 is 92.5 Å². The van der Waals surface area contributed by atoms with Crippen molar-refractivity contribution in [2.45, 2.75) is 79.1 Å². The maximum absolute atomic E-state index is 13.5. The number of fused-ring (bicyclic) bond motifs is 1. The first-order chi connectivity index (χ1) is 34.9. The molecule has 6 rings (SSSR count). The van der Waals surface area contributed by atoms with Gasteiger partial charge in [-0.25, -0.2) is 51.5 Å². The first-order valence-corrected chi connectivity index (χ1v) is 21.6. The van der Waals surface area contributed by atoms with Gasteiger partial charge in [-0.3, -0.25) is 4.79 Å². The Morgan fingerprint density at radius 3 is 1.48 bits per heavy atom. The van der Waals surface area contributed by atoms with E-state index in [-0.39, 0.29) is 64.6 Å². The second kappa shape index (κ2) is 27.0. The smallest absolute Gasteiger partial charge is 0.340 e. The van der Waals surface area contributed by atoms with Crippen LogP contribution in [0.2, 0.25) is 0 Å². The van der Waals surface area contributed by atoms with Gasteiger partial charge in [-0.1, -0.05) is 62.3 Å². The van der Waals surface area contributed by atoms with E-state index in [1.807, 2.05) is 0 Å². The number of rotatable bonds is 7. The van der Waals surface area contributed by atoms with Crippen molar-refractivity contribution in [3.05, 3.63) is 147 Å². The Labute approximate surface area is 454 Å². The Bertz CT molecular complexity index is 3160. The number of ether oxygens (including phenoxy) is 4. The number of carbonyl (C=O) groups excluding carboxylic acids is 2. The van der Waals surface area contributed by atoms with E-state index >= 15 is 0 Å². The number of methoxy groups -OCH3 is 1. The summed E-state index contributed by atoms with van der Waals surface area (Å²) in [6, 6.07) is 20.2. The van der Waals surface area contributed by atoms with E-state index in [4.69, 9.17) is 21.3 Å². The van der Waals surface area contributed by atoms with Gasteiger partial charge < -0.3 is 55.6 Å². The monoisotopic (exact) mass is 1270 g/mol. The van der Waals surface area contributed by atoms with Gasteiger partial charge in [0.15, 0.2) is 41.5 Å². The SMILES string of the molecule is CC(C)(C)OC([O-])=Nc1ccc(-n2c(=O)[nH]c3cc(F)c(F)cc3c2=O)cc1.CC(C)(C)OC([O-])=Nc1ccc(N)cc1.COC(=O)c1cc(F)c(F)cc1NC(=O)Nc1ccc(N=C([O-])OC(C)(C)C)cc1.[2H][B].[U]. The van der Waals surface area contributed by atoms with Gasteiger partial charge in [-0.05, 0) is 86.3 Å². The number of nitrogens with one attached hydrogen (secondary N) is 3. The molecular weight excluding hydrogens is 1210 g/mol. The van der Waals surface area contributed by atoms with Crippen molar-refractivity contribution in [3.63, 3.8) is 0 Å². The van der Waals surface area contributed by atoms with E-state index in [1.54, 1.807) is 86.6 Å². The number of nitrogen functional groups attached to an aromatic ring is 1. The van der Waals surface area contributed by atoms with E-state index in [9.17, 15) is 52.1 Å². The summed E-state index contributed by atoms with van der Waals surface area (Å²) < 4.78 is 79.5. The van der Waals surface area contributed by atoms with Crippen LogP contribution < -0.4 is 42.9 Å². The molecule has 0 aliphatic rings. The van der Waals surface area contributed by atoms with Gasteiger partial charge in [0.25, 0.3) is 5.56 Å². The summed E-state index contributed by atoms with van der Waals surface area (Å²) in [5.41, 5.74) is 3.49. The van der Waals surface area contributed by atoms with Gasteiger partial charge in [0.05, 0.1) is 52.0 Å². The molecule has 0 spiro atoms. The number of halogens is 4. The molecule has 0 atom stereocenters. The normalized spacial score (nSPS) is 11.9. The first-order valence-electron chi connectivity index (χ1n) is 22.2. The van der Waals surface area contributed by atoms with Crippen molar-refractivity contribution in [2.24, 2.45) is 15.0 Å². The molecule has 0 bridgehead atoms. The van der Waals surface area contributed by atoms with E-state index in [0.29, 0.717) is 34.9 Å². The second-order valence-corrected chi connectivity index (χ2v) is 18.2. The number of carbonyl (C=O) groups is 2. The third-order valence-electron chi connectivity index (χ3n) is 8.62. The van der Waals surface area contributed by atoms with Crippen LogP contribution >= 0.6 is 0 Å². The summed E-state index contributed by atoms with van der Waals surface area (Å²) in [6.45, 7) is 15.6. The number of hydrogen-bond donors (Lipinski definition) is 4. The third kappa shape index (κ3) is 20.6. The number of hydrogen-bond acceptors (Lipinski definition) is 15. The molecule has 0 saturated heterocycles. The number of nitrogens with zero attached hydrogens (tertiary/aromatic N) is 4. The fraction of sp³-hybridized carbons (Fsp3) is 0.260. The van der Waals surface area contributed by atoms with Crippen LogP contribution in [0.3, 0.4) is 0 Å². The van der Waals surface area contributed by atoms with Crippen molar-refractivity contribution in [1.29, 1.82) is 1.34 Å². The largest absolute Gasteiger partial charge is 0.594 e. The Balaban J connectivity index is 0.000000400. The molecule has 0 saturated carbocycles. The molecule has 0 aliphatic carbocycles. The van der Waals surface area contributed by atoms with Crippen LogP contribution in [0.1, 0.15) is 72.7 Å². The van der Waals surface area contributed by atoms with E-state index in [0.717, 1.165) is 23.8 Å². The number of H-pyrrole nitrogens is 1. The number of benzene rings is 5. The second-order valence-electron chi connectivity index (χ2n) is 18.2. The van der Waals surface area contributed by atoms with Crippen LogP contribution in [0.15, 0.2) is 122 Å². The van der Waals surface area contributed by atoms with Gasteiger partial charge in [0, 0.05) is 79.8 Å². The Morgan fingerprint density at radius 2 is 1.04 bits per heavy atom. The molecule has 25 heteroatoms. The zero-order valence-corrected chi connectivity index (χ0v) is 46.3. The molecule has 396 valence electrons. The molecule has 6 aromatic rings. The van der Waals surface area contributed by atoms with Gasteiger partial charge in [-0.2, -0.15) is 0 Å². The van der Waals surface area contributed by atoms with Gasteiger partial charge in [0.1, 0.15) is 0 Å². The van der Waals surface area contributed by atoms with E-state index in [1.165, 1.54) is 48.5 Å². The molecule has 0 aliphatic heterocycles. The summed E-state index contributed by atoms with van der Waals surface area (Å²) >= 11 is 0. The molecule has 1 aromatic heterocycles. The number of aromatic amines is 1. The van der Waals surface area contributed by atoms with Crippen molar-refractivity contribution in [2.75, 3.05) is 23.5 Å². The number of nitrogens with two attached hydrogens (primary N) is 1. The zero-order valence-electron chi connectivity index (χ0n) is 43.2. The first kappa shape index (κ1) is 61.5. The number of aliphatic imine (C=N–C) groups is 3. The predicted octanol–water partition coefficient (Wildman–Crippen LogP) is 6.46. The molecule has 0 unspecified atom stereocenters. The Hall–Kier alpha value is -7.77. The predicted molar refractivity (Wildman–Crippen MR) is 269 cm³/mol. The molecule has 5 N–H and O–H groups in total. The fourth-order valence-electron chi connectivity index (χ4n) is 5.67.